The van der Waals surface area contributed by atoms with Crippen molar-refractivity contribution in [3.05, 3.63) is 56.0 Å². The molecule has 0 N–H and O–H groups in total. The average Bonchev–Trinajstić information content (AvgIpc) is 2.25. The molecule has 0 aliphatic carbocycles. The predicted molar refractivity (Wildman–Crippen MR) is 76.9 cm³/mol. The van der Waals surface area contributed by atoms with Gasteiger partial charge in [-0.05, 0) is 35.9 Å². The molecule has 0 radical (unpaired) electrons. The van der Waals surface area contributed by atoms with Crippen LogP contribution >= 0.6 is 46.4 Å². The Labute approximate surface area is 133 Å². The van der Waals surface area contributed by atoms with E-state index in [0.717, 1.165) is 12.1 Å². The van der Waals surface area contributed by atoms with Crippen molar-refractivity contribution in [3.8, 4) is 11.1 Å². The van der Waals surface area contributed by atoms with E-state index < -0.39 is 11.7 Å². The molecule has 0 aliphatic heterocycles. The van der Waals surface area contributed by atoms with E-state index >= 15 is 0 Å². The molecular weight excluding hydrogens is 355 g/mol. The zero-order valence-corrected chi connectivity index (χ0v) is 12.6. The second-order valence-electron chi connectivity index (χ2n) is 3.97. The van der Waals surface area contributed by atoms with Gasteiger partial charge in [-0.1, -0.05) is 46.4 Å². The maximum Gasteiger partial charge on any atom is 0.416 e. The summed E-state index contributed by atoms with van der Waals surface area (Å²) in [6.07, 6.45) is -4.51. The monoisotopic (exact) mass is 358 g/mol. The molecule has 7 heteroatoms. The number of hydrogen-bond donors (Lipinski definition) is 0. The van der Waals surface area contributed by atoms with E-state index in [1.165, 1.54) is 18.2 Å². The number of hydrogen-bond acceptors (Lipinski definition) is 0. The fraction of sp³-hybridized carbons (Fsp3) is 0.0769. The van der Waals surface area contributed by atoms with E-state index in [4.69, 9.17) is 46.4 Å². The maximum absolute atomic E-state index is 12.8. The van der Waals surface area contributed by atoms with Gasteiger partial charge in [0.2, 0.25) is 0 Å². The van der Waals surface area contributed by atoms with Crippen molar-refractivity contribution >= 4 is 46.4 Å². The average molecular weight is 360 g/mol. The second-order valence-corrected chi connectivity index (χ2v) is 5.66. The largest absolute Gasteiger partial charge is 0.416 e. The molecule has 0 saturated heterocycles. The minimum absolute atomic E-state index is 0.0584. The molecule has 0 aromatic heterocycles. The molecule has 0 fully saturated rings. The molecule has 0 bridgehead atoms. The van der Waals surface area contributed by atoms with Crippen LogP contribution in [0.3, 0.4) is 0 Å². The number of alkyl halides is 3. The van der Waals surface area contributed by atoms with Gasteiger partial charge in [-0.15, -0.1) is 0 Å². The molecule has 0 spiro atoms. The van der Waals surface area contributed by atoms with E-state index in [1.54, 1.807) is 0 Å². The van der Waals surface area contributed by atoms with Crippen molar-refractivity contribution in [1.82, 2.24) is 0 Å². The van der Waals surface area contributed by atoms with Gasteiger partial charge in [0.15, 0.2) is 0 Å². The highest BCUT2D eigenvalue weighted by atomic mass is 35.5. The van der Waals surface area contributed by atoms with Crippen LogP contribution in [0.2, 0.25) is 20.1 Å². The van der Waals surface area contributed by atoms with Gasteiger partial charge in [-0.25, -0.2) is 0 Å². The van der Waals surface area contributed by atoms with Crippen LogP contribution in [0.4, 0.5) is 13.2 Å². The normalized spacial score (nSPS) is 11.8. The summed E-state index contributed by atoms with van der Waals surface area (Å²) >= 11 is 23.5. The Morgan fingerprint density at radius 1 is 0.700 bits per heavy atom. The predicted octanol–water partition coefficient (Wildman–Crippen LogP) is 6.99. The molecule has 20 heavy (non-hydrogen) atoms. The van der Waals surface area contributed by atoms with Gasteiger partial charge in [0, 0.05) is 15.6 Å². The summed E-state index contributed by atoms with van der Waals surface area (Å²) in [6.45, 7) is 0. The number of rotatable bonds is 1. The smallest absolute Gasteiger partial charge is 0.166 e. The summed E-state index contributed by atoms with van der Waals surface area (Å²) in [5.74, 6) is 0. The Hall–Kier alpha value is -0.610. The van der Waals surface area contributed by atoms with E-state index in [9.17, 15) is 13.2 Å². The van der Waals surface area contributed by atoms with Gasteiger partial charge in [0.25, 0.3) is 0 Å². The molecule has 2 aromatic carbocycles. The Morgan fingerprint density at radius 2 is 1.20 bits per heavy atom. The van der Waals surface area contributed by atoms with Crippen LogP contribution in [0.1, 0.15) is 5.56 Å². The minimum Gasteiger partial charge on any atom is -0.166 e. The summed E-state index contributed by atoms with van der Waals surface area (Å²) in [5, 5.41) is 0.537. The van der Waals surface area contributed by atoms with Gasteiger partial charge in [-0.2, -0.15) is 13.2 Å². The van der Waals surface area contributed by atoms with Crippen LogP contribution in [0.5, 0.6) is 0 Å². The molecule has 0 atom stereocenters. The molecule has 0 nitrogen and oxygen atoms in total. The first-order chi connectivity index (χ1) is 9.18. The summed E-state index contributed by atoms with van der Waals surface area (Å²) < 4.78 is 38.3. The molecule has 106 valence electrons. The second kappa shape index (κ2) is 5.64. The molecule has 0 amide bonds. The number of benzene rings is 2. The van der Waals surface area contributed by atoms with Gasteiger partial charge in [-0.3, -0.25) is 0 Å². The van der Waals surface area contributed by atoms with Gasteiger partial charge in [0.1, 0.15) is 0 Å². The van der Waals surface area contributed by atoms with Gasteiger partial charge < -0.3 is 0 Å². The van der Waals surface area contributed by atoms with E-state index in [1.807, 2.05) is 0 Å². The third-order valence-corrected chi connectivity index (χ3v) is 3.55. The van der Waals surface area contributed by atoms with Crippen molar-refractivity contribution in [3.63, 3.8) is 0 Å². The van der Waals surface area contributed by atoms with Crippen molar-refractivity contribution < 1.29 is 13.2 Å². The highest BCUT2D eigenvalue weighted by Crippen LogP contribution is 2.40. The molecule has 0 heterocycles. The molecule has 2 rings (SSSR count). The third kappa shape index (κ3) is 3.34. The summed E-state index contributed by atoms with van der Waals surface area (Å²) in [6, 6.07) is 5.93. The quantitative estimate of drug-likeness (QED) is 0.514. The van der Waals surface area contributed by atoms with E-state index in [-0.39, 0.29) is 26.2 Å². The van der Waals surface area contributed by atoms with E-state index in [2.05, 4.69) is 0 Å². The van der Waals surface area contributed by atoms with Crippen molar-refractivity contribution in [2.75, 3.05) is 0 Å². The topological polar surface area (TPSA) is 0 Å². The highest BCUT2D eigenvalue weighted by molar-refractivity contribution is 6.42. The van der Waals surface area contributed by atoms with Gasteiger partial charge in [0.05, 0.1) is 15.6 Å². The lowest BCUT2D eigenvalue weighted by molar-refractivity contribution is -0.137. The lowest BCUT2D eigenvalue weighted by Gasteiger charge is -2.12. The van der Waals surface area contributed by atoms with Crippen molar-refractivity contribution in [1.29, 1.82) is 0 Å². The first kappa shape index (κ1) is 15.8. The molecule has 0 aliphatic rings. The zero-order chi connectivity index (χ0) is 15.1. The standard InChI is InChI=1S/C13H5Cl4F3/c14-8-2-6(1-7(3-8)13(18,19)20)12-10(16)4-9(15)5-11(12)17/h1-5H. The molecular formula is C13H5Cl4F3. The third-order valence-electron chi connectivity index (χ3n) is 2.52. The van der Waals surface area contributed by atoms with Crippen LogP contribution in [0, 0.1) is 0 Å². The van der Waals surface area contributed by atoms with Gasteiger partial charge >= 0.3 is 6.18 Å². The van der Waals surface area contributed by atoms with Crippen molar-refractivity contribution in [2.24, 2.45) is 0 Å². The first-order valence-corrected chi connectivity index (χ1v) is 6.72. The summed E-state index contributed by atoms with van der Waals surface area (Å²) in [5.41, 5.74) is -0.440. The van der Waals surface area contributed by atoms with Crippen LogP contribution in [0.25, 0.3) is 11.1 Å². The maximum atomic E-state index is 12.8. The Balaban J connectivity index is 2.68. The van der Waals surface area contributed by atoms with Crippen LogP contribution in [-0.2, 0) is 6.18 Å². The lowest BCUT2D eigenvalue weighted by Crippen LogP contribution is -2.05. The Kier molecular flexibility index (Phi) is 4.45. The zero-order valence-electron chi connectivity index (χ0n) is 9.53. The Bertz CT molecular complexity index is 642. The van der Waals surface area contributed by atoms with E-state index in [0.29, 0.717) is 5.02 Å². The van der Waals surface area contributed by atoms with Crippen molar-refractivity contribution in [2.45, 2.75) is 6.18 Å². The molecule has 0 saturated carbocycles. The van der Waals surface area contributed by atoms with Crippen LogP contribution < -0.4 is 0 Å². The fourth-order valence-corrected chi connectivity index (χ4v) is 2.99. The van der Waals surface area contributed by atoms with Crippen LogP contribution in [-0.4, -0.2) is 0 Å². The SMILES string of the molecule is FC(F)(F)c1cc(Cl)cc(-c2c(Cl)cc(Cl)cc2Cl)c1. The fourth-order valence-electron chi connectivity index (χ4n) is 1.72. The summed E-state index contributed by atoms with van der Waals surface area (Å²) in [4.78, 5) is 0. The summed E-state index contributed by atoms with van der Waals surface area (Å²) in [7, 11) is 0. The molecule has 0 unspecified atom stereocenters. The highest BCUT2D eigenvalue weighted by Gasteiger charge is 2.31. The minimum atomic E-state index is -4.51. The van der Waals surface area contributed by atoms with Crippen LogP contribution in [0.15, 0.2) is 30.3 Å². The molecule has 2 aromatic rings. The first-order valence-electron chi connectivity index (χ1n) is 5.21. The Morgan fingerprint density at radius 3 is 1.70 bits per heavy atom. The lowest BCUT2D eigenvalue weighted by atomic mass is 10.0. The number of halogens is 7.